The van der Waals surface area contributed by atoms with Crippen molar-refractivity contribution in [2.45, 2.75) is 6.54 Å². The Labute approximate surface area is 113 Å². The van der Waals surface area contributed by atoms with Crippen LogP contribution in [0.4, 0.5) is 0 Å². The van der Waals surface area contributed by atoms with Crippen molar-refractivity contribution in [2.24, 2.45) is 0 Å². The van der Waals surface area contributed by atoms with Crippen LogP contribution in [0.1, 0.15) is 5.56 Å². The molecule has 90 valence electrons. The standard InChI is InChI=1S/C16H10NOS/c1-2-6-11-10(5-1)9-17-15-14(19-16(11)17)12-7-3-4-8-13(12)18-15/h1-8H,9H2/q+1. The number of fused-ring (bicyclic) bond motifs is 7. The van der Waals surface area contributed by atoms with E-state index in [0.717, 1.165) is 17.8 Å². The summed E-state index contributed by atoms with van der Waals surface area (Å²) in [6.07, 6.45) is 0. The number of nitrogens with zero attached hydrogens (tertiary/aromatic N) is 1. The molecular weight excluding hydrogens is 254 g/mol. The molecule has 0 aliphatic carbocycles. The van der Waals surface area contributed by atoms with E-state index in [-0.39, 0.29) is 0 Å². The molecule has 0 bridgehead atoms. The average molecular weight is 264 g/mol. The zero-order chi connectivity index (χ0) is 12.4. The minimum absolute atomic E-state index is 0.922. The van der Waals surface area contributed by atoms with E-state index < -0.39 is 0 Å². The predicted octanol–water partition coefficient (Wildman–Crippen LogP) is 3.96. The summed E-state index contributed by atoms with van der Waals surface area (Å²) in [5.41, 5.74) is 4.73. The summed E-state index contributed by atoms with van der Waals surface area (Å²) < 4.78 is 9.60. The molecule has 0 saturated carbocycles. The van der Waals surface area contributed by atoms with E-state index in [9.17, 15) is 0 Å². The number of hydrogen-bond acceptors (Lipinski definition) is 2. The maximum Gasteiger partial charge on any atom is 0.393 e. The van der Waals surface area contributed by atoms with Crippen LogP contribution in [0.2, 0.25) is 0 Å². The molecule has 2 aromatic carbocycles. The van der Waals surface area contributed by atoms with E-state index in [4.69, 9.17) is 4.42 Å². The first-order valence-corrected chi connectivity index (χ1v) is 7.15. The van der Waals surface area contributed by atoms with Gasteiger partial charge in [-0.2, -0.15) is 0 Å². The smallest absolute Gasteiger partial charge is 0.393 e. The van der Waals surface area contributed by atoms with Crippen molar-refractivity contribution in [2.75, 3.05) is 0 Å². The summed E-state index contributed by atoms with van der Waals surface area (Å²) >= 11 is 1.83. The summed E-state index contributed by atoms with van der Waals surface area (Å²) in [5, 5.41) is 2.54. The van der Waals surface area contributed by atoms with Gasteiger partial charge in [-0.1, -0.05) is 41.7 Å². The molecule has 3 heterocycles. The molecule has 0 saturated heterocycles. The lowest BCUT2D eigenvalue weighted by Crippen LogP contribution is -2.29. The van der Waals surface area contributed by atoms with Crippen molar-refractivity contribution >= 4 is 32.7 Å². The fraction of sp³-hybridized carbons (Fsp3) is 0.0625. The predicted molar refractivity (Wildman–Crippen MR) is 76.3 cm³/mol. The van der Waals surface area contributed by atoms with Crippen LogP contribution in [0.5, 0.6) is 0 Å². The van der Waals surface area contributed by atoms with Crippen molar-refractivity contribution in [3.8, 4) is 10.6 Å². The molecular formula is C16H10NOS+. The molecule has 1 aliphatic rings. The minimum Gasteiger partial charge on any atom is -0.403 e. The lowest BCUT2D eigenvalue weighted by atomic mass is 10.1. The molecule has 0 unspecified atom stereocenters. The molecule has 0 amide bonds. The number of hydrogen-bond donors (Lipinski definition) is 0. The van der Waals surface area contributed by atoms with Gasteiger partial charge in [0.1, 0.15) is 5.58 Å². The fourth-order valence-electron chi connectivity index (χ4n) is 2.91. The van der Waals surface area contributed by atoms with E-state index in [1.165, 1.54) is 26.2 Å². The molecule has 19 heavy (non-hydrogen) atoms. The summed E-state index contributed by atoms with van der Waals surface area (Å²) in [6, 6.07) is 16.9. The number of furan rings is 1. The number of rotatable bonds is 0. The van der Waals surface area contributed by atoms with Gasteiger partial charge < -0.3 is 4.42 Å². The monoisotopic (exact) mass is 264 g/mol. The van der Waals surface area contributed by atoms with Gasteiger partial charge in [0.15, 0.2) is 11.2 Å². The van der Waals surface area contributed by atoms with Crippen LogP contribution in [-0.2, 0) is 6.54 Å². The molecule has 2 nitrogen and oxygen atoms in total. The number of aromatic nitrogens is 1. The van der Waals surface area contributed by atoms with E-state index in [0.29, 0.717) is 0 Å². The molecule has 2 aromatic heterocycles. The van der Waals surface area contributed by atoms with E-state index in [1.54, 1.807) is 0 Å². The van der Waals surface area contributed by atoms with Gasteiger partial charge in [0, 0.05) is 10.9 Å². The van der Waals surface area contributed by atoms with Gasteiger partial charge in [-0.3, -0.25) is 0 Å². The Balaban J connectivity index is 1.93. The molecule has 0 N–H and O–H groups in total. The van der Waals surface area contributed by atoms with Gasteiger partial charge in [-0.25, -0.2) is 0 Å². The third-order valence-electron chi connectivity index (χ3n) is 3.80. The maximum absolute atomic E-state index is 6.04. The fourth-order valence-corrected chi connectivity index (χ4v) is 4.19. The maximum atomic E-state index is 6.04. The van der Waals surface area contributed by atoms with Gasteiger partial charge in [-0.15, -0.1) is 4.57 Å². The van der Waals surface area contributed by atoms with Crippen molar-refractivity contribution in [1.82, 2.24) is 0 Å². The van der Waals surface area contributed by atoms with Gasteiger partial charge in [0.2, 0.25) is 0 Å². The van der Waals surface area contributed by atoms with Crippen molar-refractivity contribution < 1.29 is 8.98 Å². The van der Waals surface area contributed by atoms with Gasteiger partial charge in [-0.05, 0) is 18.2 Å². The highest BCUT2D eigenvalue weighted by Crippen LogP contribution is 2.39. The van der Waals surface area contributed by atoms with Crippen LogP contribution < -0.4 is 4.57 Å². The Bertz CT molecular complexity index is 948. The Kier molecular flexibility index (Phi) is 1.67. The molecule has 3 heteroatoms. The van der Waals surface area contributed by atoms with Crippen molar-refractivity contribution in [1.29, 1.82) is 0 Å². The normalized spacial score (nSPS) is 13.1. The number of para-hydroxylation sites is 1. The lowest BCUT2D eigenvalue weighted by Gasteiger charge is -1.89. The SMILES string of the molecule is c1ccc2c(c1)C[n+]1c-2sc2c3ccccc3oc21. The number of benzene rings is 2. The average Bonchev–Trinajstić information content (AvgIpc) is 3.07. The van der Waals surface area contributed by atoms with Crippen LogP contribution in [0.15, 0.2) is 52.9 Å². The lowest BCUT2D eigenvalue weighted by molar-refractivity contribution is -0.648. The first-order valence-electron chi connectivity index (χ1n) is 6.34. The van der Waals surface area contributed by atoms with Crippen LogP contribution in [0.25, 0.3) is 32.0 Å². The Hall–Kier alpha value is -2.13. The van der Waals surface area contributed by atoms with Crippen LogP contribution in [-0.4, -0.2) is 0 Å². The van der Waals surface area contributed by atoms with Gasteiger partial charge >= 0.3 is 5.71 Å². The zero-order valence-corrected chi connectivity index (χ0v) is 10.9. The Morgan fingerprint density at radius 2 is 1.84 bits per heavy atom. The van der Waals surface area contributed by atoms with E-state index in [2.05, 4.69) is 41.0 Å². The highest BCUT2D eigenvalue weighted by Gasteiger charge is 2.34. The highest BCUT2D eigenvalue weighted by molar-refractivity contribution is 7.22. The summed E-state index contributed by atoms with van der Waals surface area (Å²) in [6.45, 7) is 0.922. The molecule has 0 atom stereocenters. The zero-order valence-electron chi connectivity index (χ0n) is 10.1. The minimum atomic E-state index is 0.922. The molecule has 0 fully saturated rings. The van der Waals surface area contributed by atoms with Crippen LogP contribution in [0, 0.1) is 0 Å². The first-order chi connectivity index (χ1) is 9.42. The Morgan fingerprint density at radius 3 is 2.84 bits per heavy atom. The third-order valence-corrected chi connectivity index (χ3v) is 5.03. The highest BCUT2D eigenvalue weighted by atomic mass is 32.1. The molecule has 0 radical (unpaired) electrons. The second-order valence-electron chi connectivity index (χ2n) is 4.88. The van der Waals surface area contributed by atoms with Crippen LogP contribution in [0.3, 0.4) is 0 Å². The quantitative estimate of drug-likeness (QED) is 0.387. The van der Waals surface area contributed by atoms with E-state index in [1.807, 2.05) is 23.5 Å². The summed E-state index contributed by atoms with van der Waals surface area (Å²) in [4.78, 5) is 0. The second-order valence-corrected chi connectivity index (χ2v) is 5.88. The van der Waals surface area contributed by atoms with Crippen LogP contribution >= 0.6 is 11.3 Å². The summed E-state index contributed by atoms with van der Waals surface area (Å²) in [7, 11) is 0. The second kappa shape index (κ2) is 3.25. The largest absolute Gasteiger partial charge is 0.403 e. The Morgan fingerprint density at radius 1 is 1.00 bits per heavy atom. The molecule has 0 spiro atoms. The summed E-state index contributed by atoms with van der Waals surface area (Å²) in [5.74, 6) is 0. The van der Waals surface area contributed by atoms with Gasteiger partial charge in [0.25, 0.3) is 5.01 Å². The molecule has 4 aromatic rings. The topological polar surface area (TPSA) is 17.0 Å². The van der Waals surface area contributed by atoms with Crippen molar-refractivity contribution in [3.63, 3.8) is 0 Å². The number of thiazole rings is 1. The molecule has 5 rings (SSSR count). The van der Waals surface area contributed by atoms with E-state index >= 15 is 0 Å². The third kappa shape index (κ3) is 1.13. The first kappa shape index (κ1) is 9.75. The van der Waals surface area contributed by atoms with Crippen molar-refractivity contribution in [3.05, 3.63) is 54.1 Å². The molecule has 1 aliphatic heterocycles. The van der Waals surface area contributed by atoms with Gasteiger partial charge in [0.05, 0.1) is 5.56 Å².